The summed E-state index contributed by atoms with van der Waals surface area (Å²) in [6, 6.07) is 6.00. The molecule has 2 aromatic rings. The molecule has 3 N–H and O–H groups in total. The number of carbonyl (C=O) groups excluding carboxylic acids is 1. The molecule has 0 fully saturated rings. The highest BCUT2D eigenvalue weighted by Crippen LogP contribution is 2.18. The first-order chi connectivity index (χ1) is 11.5. The molecule has 0 aliphatic heterocycles. The third-order valence-corrected chi connectivity index (χ3v) is 3.16. The van der Waals surface area contributed by atoms with E-state index in [0.29, 0.717) is 16.8 Å². The topological polar surface area (TPSA) is 91.7 Å². The maximum atomic E-state index is 12.2. The second-order valence-corrected chi connectivity index (χ2v) is 4.87. The van der Waals surface area contributed by atoms with Crippen LogP contribution in [0.5, 0.6) is 5.75 Å². The van der Waals surface area contributed by atoms with E-state index in [1.807, 2.05) is 0 Å². The molecule has 0 bridgehead atoms. The third-order valence-electron chi connectivity index (χ3n) is 3.16. The normalized spacial score (nSPS) is 10.7. The van der Waals surface area contributed by atoms with E-state index in [1.54, 1.807) is 12.1 Å². The van der Waals surface area contributed by atoms with Crippen LogP contribution in [0.2, 0.25) is 0 Å². The third kappa shape index (κ3) is 4.71. The number of alkyl halides is 2. The zero-order valence-corrected chi connectivity index (χ0v) is 12.6. The van der Waals surface area contributed by atoms with Crippen LogP contribution in [0.4, 0.5) is 14.5 Å². The van der Waals surface area contributed by atoms with E-state index in [1.165, 1.54) is 24.5 Å². The summed E-state index contributed by atoms with van der Waals surface area (Å²) in [5.41, 5.74) is 1.60. The van der Waals surface area contributed by atoms with Crippen molar-refractivity contribution < 1.29 is 28.5 Å². The molecule has 6 nitrogen and oxygen atoms in total. The van der Waals surface area contributed by atoms with Gasteiger partial charge in [0.25, 0.3) is 12.3 Å². The van der Waals surface area contributed by atoms with Crippen molar-refractivity contribution in [1.29, 1.82) is 0 Å². The molecular weight excluding hydrogens is 322 g/mol. The first-order valence-electron chi connectivity index (χ1n) is 7.04. The Kier molecular flexibility index (Phi) is 6.16. The van der Waals surface area contributed by atoms with Crippen molar-refractivity contribution in [2.45, 2.75) is 19.6 Å². The highest BCUT2D eigenvalue weighted by molar-refractivity contribution is 6.04. The van der Waals surface area contributed by atoms with Crippen LogP contribution in [-0.4, -0.2) is 34.1 Å². The zero-order valence-electron chi connectivity index (χ0n) is 12.6. The van der Waals surface area contributed by atoms with Gasteiger partial charge in [0.2, 0.25) is 0 Å². The van der Waals surface area contributed by atoms with Crippen molar-refractivity contribution >= 4 is 11.6 Å². The average Bonchev–Trinajstić information content (AvgIpc) is 2.60. The molecule has 0 unspecified atom stereocenters. The molecule has 0 saturated carbocycles. The Morgan fingerprint density at radius 2 is 1.92 bits per heavy atom. The number of aliphatic hydroxyl groups excluding tert-OH is 2. The van der Waals surface area contributed by atoms with Gasteiger partial charge in [-0.3, -0.25) is 9.78 Å². The Morgan fingerprint density at radius 1 is 1.17 bits per heavy atom. The van der Waals surface area contributed by atoms with Crippen LogP contribution in [0.1, 0.15) is 21.5 Å². The van der Waals surface area contributed by atoms with E-state index >= 15 is 0 Å². The van der Waals surface area contributed by atoms with Crippen molar-refractivity contribution in [3.8, 4) is 5.75 Å². The minimum Gasteiger partial charge on any atom is -0.486 e. The van der Waals surface area contributed by atoms with Gasteiger partial charge in [-0.2, -0.15) is 0 Å². The molecule has 1 amide bonds. The Morgan fingerprint density at radius 3 is 2.58 bits per heavy atom. The number of nitrogens with zero attached hydrogens (tertiary/aromatic N) is 1. The summed E-state index contributed by atoms with van der Waals surface area (Å²) in [6.45, 7) is -1.29. The van der Waals surface area contributed by atoms with Crippen LogP contribution in [0.25, 0.3) is 0 Å². The van der Waals surface area contributed by atoms with E-state index in [2.05, 4.69) is 10.3 Å². The number of rotatable bonds is 7. The molecule has 0 aliphatic rings. The van der Waals surface area contributed by atoms with E-state index in [-0.39, 0.29) is 24.5 Å². The monoisotopic (exact) mass is 338 g/mol. The molecule has 2 rings (SSSR count). The Bertz CT molecular complexity index is 710. The number of amides is 1. The molecule has 0 aliphatic carbocycles. The SMILES string of the molecule is O=C(Nc1ccc(CO)c(CO)c1)c1cncc(OCC(F)F)c1. The summed E-state index contributed by atoms with van der Waals surface area (Å²) in [6.07, 6.45) is -0.108. The number of halogens is 2. The quantitative estimate of drug-likeness (QED) is 0.718. The molecule has 8 heteroatoms. The van der Waals surface area contributed by atoms with E-state index in [4.69, 9.17) is 9.84 Å². The summed E-state index contributed by atoms with van der Waals surface area (Å²) in [4.78, 5) is 16.0. The van der Waals surface area contributed by atoms with Crippen LogP contribution in [0.3, 0.4) is 0 Å². The lowest BCUT2D eigenvalue weighted by atomic mass is 10.1. The fourth-order valence-electron chi connectivity index (χ4n) is 1.99. The number of hydrogen-bond acceptors (Lipinski definition) is 5. The van der Waals surface area contributed by atoms with Gasteiger partial charge in [0.05, 0.1) is 25.0 Å². The average molecular weight is 338 g/mol. The predicted molar refractivity (Wildman–Crippen MR) is 82.0 cm³/mol. The van der Waals surface area contributed by atoms with E-state index < -0.39 is 18.9 Å². The van der Waals surface area contributed by atoms with Gasteiger partial charge in [-0.25, -0.2) is 8.78 Å². The molecule has 1 heterocycles. The second-order valence-electron chi connectivity index (χ2n) is 4.87. The molecule has 1 aromatic carbocycles. The lowest BCUT2D eigenvalue weighted by molar-refractivity contribution is 0.0816. The number of anilines is 1. The van der Waals surface area contributed by atoms with Crippen LogP contribution >= 0.6 is 0 Å². The van der Waals surface area contributed by atoms with E-state index in [0.717, 1.165) is 0 Å². The van der Waals surface area contributed by atoms with Gasteiger partial charge >= 0.3 is 0 Å². The Balaban J connectivity index is 2.11. The number of ether oxygens (including phenoxy) is 1. The number of pyridine rings is 1. The van der Waals surface area contributed by atoms with Crippen molar-refractivity contribution in [2.75, 3.05) is 11.9 Å². The summed E-state index contributed by atoms with van der Waals surface area (Å²) in [5, 5.41) is 21.0. The van der Waals surface area contributed by atoms with Gasteiger partial charge in [0, 0.05) is 11.9 Å². The number of aromatic nitrogens is 1. The standard InChI is InChI=1S/C16H16F2N2O4/c17-15(18)9-24-14-4-11(5-19-6-14)16(23)20-13-2-1-10(7-21)12(3-13)8-22/h1-6,15,21-22H,7-9H2,(H,20,23). The molecule has 0 atom stereocenters. The Labute approximate surface area is 136 Å². The van der Waals surface area contributed by atoms with Gasteiger partial charge in [-0.1, -0.05) is 6.07 Å². The first kappa shape index (κ1) is 17.8. The summed E-state index contributed by atoms with van der Waals surface area (Å²) in [5.74, 6) is -0.444. The van der Waals surface area contributed by atoms with Gasteiger partial charge in [-0.05, 0) is 29.3 Å². The fraction of sp³-hybridized carbons (Fsp3) is 0.250. The van der Waals surface area contributed by atoms with Crippen molar-refractivity contribution in [2.24, 2.45) is 0 Å². The van der Waals surface area contributed by atoms with Gasteiger partial charge in [-0.15, -0.1) is 0 Å². The molecule has 128 valence electrons. The highest BCUT2D eigenvalue weighted by Gasteiger charge is 2.11. The van der Waals surface area contributed by atoms with Crippen LogP contribution < -0.4 is 10.1 Å². The smallest absolute Gasteiger partial charge is 0.272 e. The lowest BCUT2D eigenvalue weighted by Crippen LogP contribution is -2.13. The summed E-state index contributed by atoms with van der Waals surface area (Å²) >= 11 is 0. The molecular formula is C16H16F2N2O4. The molecule has 0 saturated heterocycles. The number of hydrogen-bond donors (Lipinski definition) is 3. The second kappa shape index (κ2) is 8.32. The molecule has 1 aromatic heterocycles. The van der Waals surface area contributed by atoms with Crippen LogP contribution in [0.15, 0.2) is 36.7 Å². The maximum Gasteiger partial charge on any atom is 0.272 e. The maximum absolute atomic E-state index is 12.2. The van der Waals surface area contributed by atoms with Crippen LogP contribution in [0, 0.1) is 0 Å². The zero-order chi connectivity index (χ0) is 17.5. The summed E-state index contributed by atoms with van der Waals surface area (Å²) < 4.78 is 29.1. The van der Waals surface area contributed by atoms with Crippen molar-refractivity contribution in [1.82, 2.24) is 4.98 Å². The minimum absolute atomic E-state index is 0.0645. The van der Waals surface area contributed by atoms with Gasteiger partial charge in [0.15, 0.2) is 0 Å². The van der Waals surface area contributed by atoms with Crippen molar-refractivity contribution in [3.63, 3.8) is 0 Å². The largest absolute Gasteiger partial charge is 0.486 e. The molecule has 0 spiro atoms. The molecule has 0 radical (unpaired) electrons. The lowest BCUT2D eigenvalue weighted by Gasteiger charge is -2.10. The van der Waals surface area contributed by atoms with E-state index in [9.17, 15) is 18.7 Å². The number of nitrogens with one attached hydrogen (secondary N) is 1. The number of benzene rings is 1. The van der Waals surface area contributed by atoms with Gasteiger partial charge in [0.1, 0.15) is 12.4 Å². The van der Waals surface area contributed by atoms with Gasteiger partial charge < -0.3 is 20.3 Å². The fourth-order valence-corrected chi connectivity index (χ4v) is 1.99. The molecule has 24 heavy (non-hydrogen) atoms. The summed E-state index contributed by atoms with van der Waals surface area (Å²) in [7, 11) is 0. The number of carbonyl (C=O) groups is 1. The highest BCUT2D eigenvalue weighted by atomic mass is 19.3. The predicted octanol–water partition coefficient (Wildman–Crippen LogP) is 1.96. The number of aliphatic hydroxyl groups is 2. The Hall–Kier alpha value is -2.58. The first-order valence-corrected chi connectivity index (χ1v) is 7.04. The van der Waals surface area contributed by atoms with Crippen molar-refractivity contribution in [3.05, 3.63) is 53.3 Å². The minimum atomic E-state index is -2.62. The van der Waals surface area contributed by atoms with Crippen LogP contribution in [-0.2, 0) is 13.2 Å².